The Kier molecular flexibility index (Phi) is 3.53. The van der Waals surface area contributed by atoms with Crippen LogP contribution < -0.4 is 9.62 Å². The number of hydrogen-bond acceptors (Lipinski definition) is 4. The maximum atomic E-state index is 12.7. The number of nitrogens with zero attached hydrogens (tertiary/aromatic N) is 1. The van der Waals surface area contributed by atoms with Crippen LogP contribution in [0.4, 0.5) is 5.69 Å². The van der Waals surface area contributed by atoms with Gasteiger partial charge in [-0.1, -0.05) is 0 Å². The summed E-state index contributed by atoms with van der Waals surface area (Å²) in [7, 11) is -3.67. The van der Waals surface area contributed by atoms with Crippen LogP contribution >= 0.6 is 0 Å². The molecular weight excluding hydrogens is 328 g/mol. The van der Waals surface area contributed by atoms with E-state index in [4.69, 9.17) is 0 Å². The summed E-state index contributed by atoms with van der Waals surface area (Å²) in [5.41, 5.74) is 1.77. The molecule has 1 aliphatic carbocycles. The summed E-state index contributed by atoms with van der Waals surface area (Å²) in [5.74, 6) is 0.302. The zero-order valence-corrected chi connectivity index (χ0v) is 14.5. The van der Waals surface area contributed by atoms with Crippen molar-refractivity contribution in [3.8, 4) is 0 Å². The average Bonchev–Trinajstić information content (AvgIpc) is 3.31. The van der Waals surface area contributed by atoms with E-state index in [9.17, 15) is 18.3 Å². The Morgan fingerprint density at radius 1 is 1.25 bits per heavy atom. The fraction of sp³-hybridized carbons (Fsp3) is 0.588. The molecule has 2 N–H and O–H groups in total. The molecule has 0 bridgehead atoms. The molecule has 0 unspecified atom stereocenters. The molecule has 7 heteroatoms. The molecule has 1 saturated carbocycles. The van der Waals surface area contributed by atoms with Crippen LogP contribution in [0.25, 0.3) is 0 Å². The van der Waals surface area contributed by atoms with Crippen molar-refractivity contribution in [3.05, 3.63) is 23.3 Å². The number of carbonyl (C=O) groups excluding carboxylic acids is 1. The monoisotopic (exact) mass is 350 g/mol. The molecule has 1 aromatic carbocycles. The van der Waals surface area contributed by atoms with Crippen molar-refractivity contribution in [1.82, 2.24) is 4.72 Å². The molecule has 4 rings (SSSR count). The fourth-order valence-corrected chi connectivity index (χ4v) is 5.00. The van der Waals surface area contributed by atoms with Gasteiger partial charge in [0, 0.05) is 19.5 Å². The average molecular weight is 350 g/mol. The van der Waals surface area contributed by atoms with Crippen molar-refractivity contribution >= 4 is 21.6 Å². The van der Waals surface area contributed by atoms with Crippen molar-refractivity contribution in [3.63, 3.8) is 0 Å². The molecule has 3 aliphatic rings. The Bertz CT molecular complexity index is 812. The molecule has 0 spiro atoms. The first kappa shape index (κ1) is 16.1. The first-order chi connectivity index (χ1) is 11.3. The zero-order chi connectivity index (χ0) is 17.1. The highest BCUT2D eigenvalue weighted by atomic mass is 32.2. The predicted molar refractivity (Wildman–Crippen MR) is 89.4 cm³/mol. The maximum Gasteiger partial charge on any atom is 0.240 e. The molecule has 130 valence electrons. The van der Waals surface area contributed by atoms with Crippen LogP contribution in [0.3, 0.4) is 0 Å². The molecule has 1 amide bonds. The topological polar surface area (TPSA) is 86.7 Å². The molecule has 0 radical (unpaired) electrons. The van der Waals surface area contributed by atoms with Gasteiger partial charge in [0.15, 0.2) is 0 Å². The lowest BCUT2D eigenvalue weighted by atomic mass is 10.00. The van der Waals surface area contributed by atoms with E-state index < -0.39 is 15.6 Å². The predicted octanol–water partition coefficient (Wildman–Crippen LogP) is 0.961. The number of aliphatic hydroxyl groups is 1. The first-order valence-electron chi connectivity index (χ1n) is 8.46. The number of nitrogens with one attached hydrogen (secondary N) is 1. The van der Waals surface area contributed by atoms with Gasteiger partial charge in [-0.15, -0.1) is 0 Å². The Balaban J connectivity index is 1.61. The van der Waals surface area contributed by atoms with Crippen molar-refractivity contribution in [2.24, 2.45) is 5.92 Å². The Morgan fingerprint density at radius 3 is 2.58 bits per heavy atom. The number of rotatable bonds is 5. The maximum absolute atomic E-state index is 12.7. The fourth-order valence-electron chi connectivity index (χ4n) is 3.76. The van der Waals surface area contributed by atoms with Gasteiger partial charge >= 0.3 is 0 Å². The molecule has 2 heterocycles. The minimum atomic E-state index is -3.67. The molecule has 0 saturated heterocycles. The summed E-state index contributed by atoms with van der Waals surface area (Å²) >= 11 is 0. The van der Waals surface area contributed by atoms with Gasteiger partial charge in [0.2, 0.25) is 15.9 Å². The normalized spacial score (nSPS) is 22.4. The molecule has 1 aromatic rings. The van der Waals surface area contributed by atoms with E-state index in [1.54, 1.807) is 24.0 Å². The number of benzene rings is 1. The van der Waals surface area contributed by atoms with Gasteiger partial charge in [-0.3, -0.25) is 4.79 Å². The number of carbonyl (C=O) groups is 1. The summed E-state index contributed by atoms with van der Waals surface area (Å²) in [6.07, 6.45) is 3.60. The van der Waals surface area contributed by atoms with Gasteiger partial charge in [-0.25, -0.2) is 13.1 Å². The number of aryl methyl sites for hydroxylation is 1. The molecule has 1 fully saturated rings. The Hall–Kier alpha value is -1.44. The summed E-state index contributed by atoms with van der Waals surface area (Å²) in [6.45, 7) is 2.34. The van der Waals surface area contributed by atoms with E-state index in [-0.39, 0.29) is 23.3 Å². The summed E-state index contributed by atoms with van der Waals surface area (Å²) in [4.78, 5) is 14.0. The van der Waals surface area contributed by atoms with Crippen LogP contribution in [0.2, 0.25) is 0 Å². The van der Waals surface area contributed by atoms with E-state index in [0.717, 1.165) is 29.7 Å². The third kappa shape index (κ3) is 2.64. The highest BCUT2D eigenvalue weighted by Gasteiger charge is 2.40. The second kappa shape index (κ2) is 5.28. The highest BCUT2D eigenvalue weighted by Crippen LogP contribution is 2.40. The third-order valence-electron chi connectivity index (χ3n) is 5.41. The number of sulfonamides is 1. The lowest BCUT2D eigenvalue weighted by Crippen LogP contribution is -2.42. The standard InChI is InChI=1S/C17H22N2O4S/c1-17(21,13-3-4-13)10-18-24(22,23)14-8-11-2-5-15(20)19-7-6-12(9-14)16(11)19/h8-9,13,18,21H,2-7,10H2,1H3/t17-/m0/s1. The van der Waals surface area contributed by atoms with Gasteiger partial charge < -0.3 is 10.0 Å². The van der Waals surface area contributed by atoms with Gasteiger partial charge in [0.1, 0.15) is 0 Å². The van der Waals surface area contributed by atoms with Crippen molar-refractivity contribution in [2.45, 2.75) is 49.5 Å². The smallest absolute Gasteiger partial charge is 0.240 e. The summed E-state index contributed by atoms with van der Waals surface area (Å²) in [5, 5.41) is 10.3. The Morgan fingerprint density at radius 2 is 1.92 bits per heavy atom. The van der Waals surface area contributed by atoms with Crippen LogP contribution in [0.1, 0.15) is 37.3 Å². The van der Waals surface area contributed by atoms with Gasteiger partial charge in [-0.05, 0) is 61.8 Å². The third-order valence-corrected chi connectivity index (χ3v) is 6.79. The minimum Gasteiger partial charge on any atom is -0.389 e. The van der Waals surface area contributed by atoms with Crippen LogP contribution in [-0.4, -0.2) is 38.1 Å². The molecule has 0 aromatic heterocycles. The summed E-state index contributed by atoms with van der Waals surface area (Å²) in [6, 6.07) is 3.35. The number of amides is 1. The first-order valence-corrected chi connectivity index (χ1v) is 9.94. The van der Waals surface area contributed by atoms with E-state index in [1.807, 2.05) is 0 Å². The van der Waals surface area contributed by atoms with Crippen LogP contribution in [0.5, 0.6) is 0 Å². The molecule has 2 aliphatic heterocycles. The molecule has 6 nitrogen and oxygen atoms in total. The van der Waals surface area contributed by atoms with E-state index >= 15 is 0 Å². The SMILES string of the molecule is C[C@](O)(CNS(=O)(=O)c1cc2c3c(c1)CCN3C(=O)CC2)C1CC1. The minimum absolute atomic E-state index is 0.0248. The van der Waals surface area contributed by atoms with E-state index in [2.05, 4.69) is 4.72 Å². The zero-order valence-electron chi connectivity index (χ0n) is 13.7. The van der Waals surface area contributed by atoms with Crippen molar-refractivity contribution in [2.75, 3.05) is 18.0 Å². The van der Waals surface area contributed by atoms with E-state index in [1.165, 1.54) is 0 Å². The lowest BCUT2D eigenvalue weighted by molar-refractivity contribution is -0.118. The molecule has 1 atom stereocenters. The Labute approximate surface area is 141 Å². The van der Waals surface area contributed by atoms with Crippen LogP contribution in [0, 0.1) is 5.92 Å². The summed E-state index contributed by atoms with van der Waals surface area (Å²) < 4.78 is 27.9. The number of hydrogen-bond donors (Lipinski definition) is 2. The van der Waals surface area contributed by atoms with Gasteiger partial charge in [-0.2, -0.15) is 0 Å². The van der Waals surface area contributed by atoms with Crippen LogP contribution in [-0.2, 0) is 27.7 Å². The van der Waals surface area contributed by atoms with Gasteiger partial charge in [0.05, 0.1) is 16.2 Å². The highest BCUT2D eigenvalue weighted by molar-refractivity contribution is 7.89. The van der Waals surface area contributed by atoms with Crippen molar-refractivity contribution in [1.29, 1.82) is 0 Å². The second-order valence-corrected chi connectivity index (χ2v) is 9.11. The quantitative estimate of drug-likeness (QED) is 0.828. The van der Waals surface area contributed by atoms with Crippen LogP contribution in [0.15, 0.2) is 17.0 Å². The largest absolute Gasteiger partial charge is 0.389 e. The lowest BCUT2D eigenvalue weighted by Gasteiger charge is -2.26. The second-order valence-electron chi connectivity index (χ2n) is 7.34. The van der Waals surface area contributed by atoms with E-state index in [0.29, 0.717) is 25.8 Å². The van der Waals surface area contributed by atoms with Gasteiger partial charge in [0.25, 0.3) is 0 Å². The van der Waals surface area contributed by atoms with Crippen molar-refractivity contribution < 1.29 is 18.3 Å². The number of anilines is 1. The molecule has 24 heavy (non-hydrogen) atoms. The molecular formula is C17H22N2O4S.